The molecule has 0 heterocycles. The van der Waals surface area contributed by atoms with Crippen molar-refractivity contribution in [1.82, 2.24) is 5.32 Å². The molecule has 1 aromatic rings. The fraction of sp³-hybridized carbons (Fsp3) is 0.462. The van der Waals surface area contributed by atoms with E-state index in [9.17, 15) is 4.79 Å². The minimum atomic E-state index is -0.370. The van der Waals surface area contributed by atoms with Crippen LogP contribution in [-0.4, -0.2) is 17.5 Å². The number of anilines is 2. The van der Waals surface area contributed by atoms with Crippen molar-refractivity contribution in [2.24, 2.45) is 0 Å². The molecule has 5 heteroatoms. The van der Waals surface area contributed by atoms with Crippen LogP contribution >= 0.6 is 11.6 Å². The molecule has 1 atom stereocenters. The zero-order chi connectivity index (χ0) is 13.9. The Bertz CT molecular complexity index is 440. The lowest BCUT2D eigenvalue weighted by Crippen LogP contribution is -2.47. The molecule has 0 fully saturated rings. The number of halogens is 1. The van der Waals surface area contributed by atoms with Gasteiger partial charge in [-0.15, -0.1) is 0 Å². The van der Waals surface area contributed by atoms with E-state index >= 15 is 0 Å². The summed E-state index contributed by atoms with van der Waals surface area (Å²) in [7, 11) is 0. The Labute approximate surface area is 113 Å². The van der Waals surface area contributed by atoms with Crippen molar-refractivity contribution in [1.29, 1.82) is 0 Å². The van der Waals surface area contributed by atoms with Crippen LogP contribution in [0.1, 0.15) is 27.7 Å². The second-order valence-corrected chi connectivity index (χ2v) is 5.75. The number of hydrogen-bond donors (Lipinski definition) is 3. The Kier molecular flexibility index (Phi) is 4.46. The smallest absolute Gasteiger partial charge is 0.242 e. The molecule has 0 aromatic heterocycles. The molecule has 1 rings (SSSR count). The highest BCUT2D eigenvalue weighted by atomic mass is 35.5. The van der Waals surface area contributed by atoms with Gasteiger partial charge in [-0.3, -0.25) is 4.79 Å². The number of nitrogens with two attached hydrogens (primary N) is 1. The number of nitrogen functional groups attached to an aromatic ring is 1. The minimum Gasteiger partial charge on any atom is -0.399 e. The second kappa shape index (κ2) is 5.48. The van der Waals surface area contributed by atoms with Crippen LogP contribution in [0.15, 0.2) is 18.2 Å². The summed E-state index contributed by atoms with van der Waals surface area (Å²) in [6, 6.07) is 4.78. The number of hydrogen-bond acceptors (Lipinski definition) is 3. The van der Waals surface area contributed by atoms with Crippen LogP contribution in [0.3, 0.4) is 0 Å². The van der Waals surface area contributed by atoms with Crippen molar-refractivity contribution < 1.29 is 4.79 Å². The van der Waals surface area contributed by atoms with Gasteiger partial charge in [-0.1, -0.05) is 11.6 Å². The van der Waals surface area contributed by atoms with Crippen molar-refractivity contribution in [3.05, 3.63) is 23.2 Å². The quantitative estimate of drug-likeness (QED) is 0.739. The predicted octanol–water partition coefficient (Wildman–Crippen LogP) is 2.64. The SMILES string of the molecule is CC(Nc1ccc(N)cc1Cl)C(=O)NC(C)(C)C. The Morgan fingerprint density at radius 2 is 2.00 bits per heavy atom. The molecule has 0 spiro atoms. The van der Waals surface area contributed by atoms with Crippen LogP contribution in [0, 0.1) is 0 Å². The normalized spacial score (nSPS) is 12.9. The van der Waals surface area contributed by atoms with Crippen LogP contribution < -0.4 is 16.4 Å². The van der Waals surface area contributed by atoms with Crippen molar-refractivity contribution in [3.8, 4) is 0 Å². The second-order valence-electron chi connectivity index (χ2n) is 5.34. The van der Waals surface area contributed by atoms with Crippen LogP contribution in [-0.2, 0) is 4.79 Å². The third-order valence-electron chi connectivity index (χ3n) is 2.26. The maximum atomic E-state index is 11.9. The molecule has 0 saturated heterocycles. The standard InChI is InChI=1S/C13H20ClN3O/c1-8(12(18)17-13(2,3)4)16-11-6-5-9(15)7-10(11)14/h5-8,16H,15H2,1-4H3,(H,17,18). The van der Waals surface area contributed by atoms with E-state index in [2.05, 4.69) is 10.6 Å². The van der Waals surface area contributed by atoms with Gasteiger partial charge in [0, 0.05) is 11.2 Å². The molecule has 0 aliphatic carbocycles. The van der Waals surface area contributed by atoms with Crippen molar-refractivity contribution in [2.75, 3.05) is 11.1 Å². The first-order valence-electron chi connectivity index (χ1n) is 5.82. The summed E-state index contributed by atoms with van der Waals surface area (Å²) in [5.41, 5.74) is 6.65. The van der Waals surface area contributed by atoms with E-state index in [1.807, 2.05) is 20.8 Å². The van der Waals surface area contributed by atoms with Crippen molar-refractivity contribution >= 4 is 28.9 Å². The van der Waals surface area contributed by atoms with Gasteiger partial charge in [0.15, 0.2) is 0 Å². The van der Waals surface area contributed by atoms with Gasteiger partial charge < -0.3 is 16.4 Å². The summed E-state index contributed by atoms with van der Waals surface area (Å²) < 4.78 is 0. The van der Waals surface area contributed by atoms with E-state index < -0.39 is 0 Å². The third kappa shape index (κ3) is 4.45. The molecule has 1 amide bonds. The molecule has 100 valence electrons. The summed E-state index contributed by atoms with van der Waals surface area (Å²) in [5.74, 6) is -0.0737. The van der Waals surface area contributed by atoms with Gasteiger partial charge >= 0.3 is 0 Å². The maximum Gasteiger partial charge on any atom is 0.242 e. The highest BCUT2D eigenvalue weighted by molar-refractivity contribution is 6.33. The monoisotopic (exact) mass is 269 g/mol. The fourth-order valence-corrected chi connectivity index (χ4v) is 1.67. The average molecular weight is 270 g/mol. The number of amides is 1. The zero-order valence-electron chi connectivity index (χ0n) is 11.2. The third-order valence-corrected chi connectivity index (χ3v) is 2.57. The van der Waals surface area contributed by atoms with E-state index in [0.29, 0.717) is 16.4 Å². The molecule has 0 saturated carbocycles. The Morgan fingerprint density at radius 3 is 2.50 bits per heavy atom. The average Bonchev–Trinajstić information content (AvgIpc) is 2.19. The first kappa shape index (κ1) is 14.6. The Morgan fingerprint density at radius 1 is 1.39 bits per heavy atom. The van der Waals surface area contributed by atoms with Crippen LogP contribution in [0.5, 0.6) is 0 Å². The van der Waals surface area contributed by atoms with E-state index in [-0.39, 0.29) is 17.5 Å². The maximum absolute atomic E-state index is 11.9. The van der Waals surface area contributed by atoms with Crippen molar-refractivity contribution in [3.63, 3.8) is 0 Å². The van der Waals surface area contributed by atoms with Gasteiger partial charge in [0.05, 0.1) is 10.7 Å². The van der Waals surface area contributed by atoms with E-state index in [0.717, 1.165) is 0 Å². The molecule has 0 radical (unpaired) electrons. The van der Waals surface area contributed by atoms with E-state index in [1.54, 1.807) is 25.1 Å². The molecule has 0 aliphatic rings. The summed E-state index contributed by atoms with van der Waals surface area (Å²) in [6.45, 7) is 7.60. The summed E-state index contributed by atoms with van der Waals surface area (Å²) >= 11 is 6.04. The topological polar surface area (TPSA) is 67.1 Å². The lowest BCUT2D eigenvalue weighted by molar-refractivity contribution is -0.122. The largest absolute Gasteiger partial charge is 0.399 e. The summed E-state index contributed by atoms with van der Waals surface area (Å²) in [6.07, 6.45) is 0. The number of benzene rings is 1. The molecule has 1 aromatic carbocycles. The molecular formula is C13H20ClN3O. The van der Waals surface area contributed by atoms with Gasteiger partial charge in [0.25, 0.3) is 0 Å². The lowest BCUT2D eigenvalue weighted by Gasteiger charge is -2.24. The predicted molar refractivity (Wildman–Crippen MR) is 76.8 cm³/mol. The van der Waals surface area contributed by atoms with Gasteiger partial charge in [-0.25, -0.2) is 0 Å². The first-order chi connectivity index (χ1) is 8.19. The Balaban J connectivity index is 2.69. The van der Waals surface area contributed by atoms with Crippen LogP contribution in [0.25, 0.3) is 0 Å². The van der Waals surface area contributed by atoms with Crippen molar-refractivity contribution in [2.45, 2.75) is 39.3 Å². The molecule has 18 heavy (non-hydrogen) atoms. The number of carbonyl (C=O) groups is 1. The van der Waals surface area contributed by atoms with Crippen LogP contribution in [0.2, 0.25) is 5.02 Å². The molecule has 4 N–H and O–H groups in total. The molecule has 0 bridgehead atoms. The Hall–Kier alpha value is -1.42. The highest BCUT2D eigenvalue weighted by Crippen LogP contribution is 2.24. The highest BCUT2D eigenvalue weighted by Gasteiger charge is 2.19. The number of rotatable bonds is 3. The first-order valence-corrected chi connectivity index (χ1v) is 6.20. The minimum absolute atomic E-state index is 0.0737. The van der Waals surface area contributed by atoms with Gasteiger partial charge in [-0.2, -0.15) is 0 Å². The molecular weight excluding hydrogens is 250 g/mol. The van der Waals surface area contributed by atoms with Gasteiger partial charge in [0.2, 0.25) is 5.91 Å². The van der Waals surface area contributed by atoms with E-state index in [1.165, 1.54) is 0 Å². The van der Waals surface area contributed by atoms with Crippen LogP contribution in [0.4, 0.5) is 11.4 Å². The van der Waals surface area contributed by atoms with Gasteiger partial charge in [-0.05, 0) is 45.9 Å². The zero-order valence-corrected chi connectivity index (χ0v) is 11.9. The summed E-state index contributed by atoms with van der Waals surface area (Å²) in [5, 5.41) is 6.47. The van der Waals surface area contributed by atoms with E-state index in [4.69, 9.17) is 17.3 Å². The summed E-state index contributed by atoms with van der Waals surface area (Å²) in [4.78, 5) is 11.9. The molecule has 1 unspecified atom stereocenters. The number of nitrogens with one attached hydrogen (secondary N) is 2. The fourth-order valence-electron chi connectivity index (χ4n) is 1.43. The molecule has 0 aliphatic heterocycles. The lowest BCUT2D eigenvalue weighted by atomic mass is 10.1. The van der Waals surface area contributed by atoms with Gasteiger partial charge in [0.1, 0.15) is 6.04 Å². The molecule has 4 nitrogen and oxygen atoms in total. The number of carbonyl (C=O) groups excluding carboxylic acids is 1.